The quantitative estimate of drug-likeness (QED) is 0.546. The van der Waals surface area contributed by atoms with Crippen molar-refractivity contribution in [2.24, 2.45) is 0 Å². The molecule has 0 saturated carbocycles. The average Bonchev–Trinajstić information content (AvgIpc) is 2.70. The number of nitrogens with zero attached hydrogens (tertiary/aromatic N) is 1. The Morgan fingerprint density at radius 3 is 2.30 bits per heavy atom. The van der Waals surface area contributed by atoms with Crippen LogP contribution in [0.2, 0.25) is 10.0 Å². The Labute approximate surface area is 181 Å². The summed E-state index contributed by atoms with van der Waals surface area (Å²) in [6.45, 7) is 0. The van der Waals surface area contributed by atoms with E-state index in [1.54, 1.807) is 0 Å². The minimum atomic E-state index is -4.09. The Hall–Kier alpha value is -2.68. The second-order valence-electron chi connectivity index (χ2n) is 6.17. The van der Waals surface area contributed by atoms with Crippen molar-refractivity contribution in [1.82, 2.24) is 0 Å². The molecule has 1 N–H and O–H groups in total. The first-order valence-electron chi connectivity index (χ1n) is 8.40. The Morgan fingerprint density at radius 1 is 0.967 bits per heavy atom. The van der Waals surface area contributed by atoms with E-state index in [0.29, 0.717) is 0 Å². The number of benzene rings is 3. The van der Waals surface area contributed by atoms with Gasteiger partial charge >= 0.3 is 0 Å². The third-order valence-electron chi connectivity index (χ3n) is 4.21. The number of halogens is 4. The van der Waals surface area contributed by atoms with E-state index in [2.05, 4.69) is 5.32 Å². The minimum absolute atomic E-state index is 0.0293. The van der Waals surface area contributed by atoms with E-state index in [1.807, 2.05) is 0 Å². The molecule has 0 aliphatic heterocycles. The number of anilines is 2. The lowest BCUT2D eigenvalue weighted by atomic mass is 10.2. The Kier molecular flexibility index (Phi) is 6.30. The lowest BCUT2D eigenvalue weighted by molar-refractivity contribution is 0.102. The molecule has 0 spiro atoms. The summed E-state index contributed by atoms with van der Waals surface area (Å²) in [7, 11) is -2.80. The first kappa shape index (κ1) is 22.0. The zero-order chi connectivity index (χ0) is 22.1. The standard InChI is InChI=1S/C20H14Cl2F2N2O3S/c1-26(14-5-3-13(23)4-6-14)30(28,29)15-7-8-17(22)16(11-15)20(27)25-19-10-12(21)2-9-18(19)24/h2-11H,1H3,(H,25,27). The number of sulfonamides is 1. The van der Waals surface area contributed by atoms with Crippen molar-refractivity contribution in [3.8, 4) is 0 Å². The Bertz CT molecular complexity index is 1220. The van der Waals surface area contributed by atoms with E-state index in [0.717, 1.165) is 28.6 Å². The Morgan fingerprint density at radius 2 is 1.63 bits per heavy atom. The summed E-state index contributed by atoms with van der Waals surface area (Å²) in [4.78, 5) is 12.4. The smallest absolute Gasteiger partial charge is 0.264 e. The van der Waals surface area contributed by atoms with Crippen LogP contribution in [0.3, 0.4) is 0 Å². The number of amides is 1. The van der Waals surface area contributed by atoms with Gasteiger partial charge in [-0.25, -0.2) is 17.2 Å². The van der Waals surface area contributed by atoms with E-state index in [4.69, 9.17) is 23.2 Å². The van der Waals surface area contributed by atoms with Gasteiger partial charge in [0.25, 0.3) is 15.9 Å². The Balaban J connectivity index is 1.95. The van der Waals surface area contributed by atoms with Gasteiger partial charge in [-0.1, -0.05) is 23.2 Å². The van der Waals surface area contributed by atoms with E-state index < -0.39 is 27.6 Å². The largest absolute Gasteiger partial charge is 0.319 e. The third-order valence-corrected chi connectivity index (χ3v) is 6.55. The van der Waals surface area contributed by atoms with Crippen LogP contribution in [0.4, 0.5) is 20.2 Å². The summed E-state index contributed by atoms with van der Waals surface area (Å²) < 4.78 is 53.8. The van der Waals surface area contributed by atoms with Gasteiger partial charge in [0.1, 0.15) is 11.6 Å². The van der Waals surface area contributed by atoms with E-state index >= 15 is 0 Å². The normalized spacial score (nSPS) is 11.2. The molecule has 0 atom stereocenters. The van der Waals surface area contributed by atoms with Crippen LogP contribution in [-0.2, 0) is 10.0 Å². The molecule has 0 aromatic heterocycles. The van der Waals surface area contributed by atoms with Crippen molar-refractivity contribution in [2.45, 2.75) is 4.90 Å². The summed E-state index contributed by atoms with van der Waals surface area (Å²) in [6, 6.07) is 12.0. The van der Waals surface area contributed by atoms with Gasteiger partial charge < -0.3 is 5.32 Å². The molecule has 0 aliphatic rings. The van der Waals surface area contributed by atoms with Crippen LogP contribution >= 0.6 is 23.2 Å². The molecular formula is C20H14Cl2F2N2O3S. The number of hydrogen-bond acceptors (Lipinski definition) is 3. The van der Waals surface area contributed by atoms with Gasteiger partial charge in [0, 0.05) is 12.1 Å². The van der Waals surface area contributed by atoms with Gasteiger partial charge in [-0.2, -0.15) is 0 Å². The highest BCUT2D eigenvalue weighted by Crippen LogP contribution is 2.27. The van der Waals surface area contributed by atoms with Crippen molar-refractivity contribution in [2.75, 3.05) is 16.7 Å². The topological polar surface area (TPSA) is 66.5 Å². The lowest BCUT2D eigenvalue weighted by Gasteiger charge is -2.20. The predicted molar refractivity (Wildman–Crippen MR) is 113 cm³/mol. The zero-order valence-corrected chi connectivity index (χ0v) is 17.7. The molecule has 0 saturated heterocycles. The highest BCUT2D eigenvalue weighted by atomic mass is 35.5. The van der Waals surface area contributed by atoms with Gasteiger partial charge in [-0.05, 0) is 60.7 Å². The molecule has 5 nitrogen and oxygen atoms in total. The number of carbonyl (C=O) groups excluding carboxylic acids is 1. The van der Waals surface area contributed by atoms with Crippen LogP contribution in [0.1, 0.15) is 10.4 Å². The minimum Gasteiger partial charge on any atom is -0.319 e. The fourth-order valence-electron chi connectivity index (χ4n) is 2.57. The molecule has 3 aromatic rings. The molecule has 0 unspecified atom stereocenters. The summed E-state index contributed by atoms with van der Waals surface area (Å²) in [5.41, 5.74) is -0.136. The van der Waals surface area contributed by atoms with Crippen LogP contribution in [0.15, 0.2) is 65.6 Å². The molecule has 0 bridgehead atoms. The summed E-state index contributed by atoms with van der Waals surface area (Å²) >= 11 is 11.9. The molecule has 0 radical (unpaired) electrons. The molecule has 30 heavy (non-hydrogen) atoms. The zero-order valence-electron chi connectivity index (χ0n) is 15.4. The number of carbonyl (C=O) groups is 1. The SMILES string of the molecule is CN(c1ccc(F)cc1)S(=O)(=O)c1ccc(Cl)c(C(=O)Nc2cc(Cl)ccc2F)c1. The molecular weight excluding hydrogens is 457 g/mol. The third kappa shape index (κ3) is 4.56. The van der Waals surface area contributed by atoms with Gasteiger partial charge in [0.2, 0.25) is 0 Å². The van der Waals surface area contributed by atoms with Crippen LogP contribution in [0.25, 0.3) is 0 Å². The monoisotopic (exact) mass is 470 g/mol. The molecule has 10 heteroatoms. The maximum Gasteiger partial charge on any atom is 0.264 e. The second kappa shape index (κ2) is 8.59. The summed E-state index contributed by atoms with van der Waals surface area (Å²) in [5.74, 6) is -2.05. The van der Waals surface area contributed by atoms with Gasteiger partial charge in [-0.3, -0.25) is 9.10 Å². The first-order valence-corrected chi connectivity index (χ1v) is 10.6. The molecule has 0 aliphatic carbocycles. The van der Waals surface area contributed by atoms with Crippen LogP contribution in [-0.4, -0.2) is 21.4 Å². The van der Waals surface area contributed by atoms with Crippen molar-refractivity contribution in [1.29, 1.82) is 0 Å². The lowest BCUT2D eigenvalue weighted by Crippen LogP contribution is -2.27. The highest BCUT2D eigenvalue weighted by molar-refractivity contribution is 7.92. The maximum absolute atomic E-state index is 13.9. The van der Waals surface area contributed by atoms with Crippen molar-refractivity contribution >= 4 is 50.5 Å². The van der Waals surface area contributed by atoms with Gasteiger partial charge in [-0.15, -0.1) is 0 Å². The fraction of sp³-hybridized carbons (Fsp3) is 0.0500. The number of rotatable bonds is 5. The summed E-state index contributed by atoms with van der Waals surface area (Å²) in [5, 5.41) is 2.50. The molecule has 3 aromatic carbocycles. The summed E-state index contributed by atoms with van der Waals surface area (Å²) in [6.07, 6.45) is 0. The van der Waals surface area contributed by atoms with E-state index in [1.165, 1.54) is 43.4 Å². The molecule has 156 valence electrons. The van der Waals surface area contributed by atoms with E-state index in [-0.39, 0.29) is 31.9 Å². The van der Waals surface area contributed by atoms with Crippen LogP contribution < -0.4 is 9.62 Å². The first-order chi connectivity index (χ1) is 14.1. The maximum atomic E-state index is 13.9. The predicted octanol–water partition coefficient (Wildman–Crippen LogP) is 5.35. The van der Waals surface area contributed by atoms with Crippen molar-refractivity contribution < 1.29 is 22.0 Å². The highest BCUT2D eigenvalue weighted by Gasteiger charge is 2.24. The van der Waals surface area contributed by atoms with Crippen molar-refractivity contribution in [3.05, 3.63) is 87.9 Å². The number of nitrogens with one attached hydrogen (secondary N) is 1. The molecule has 1 amide bonds. The molecule has 0 fully saturated rings. The van der Waals surface area contributed by atoms with Gasteiger partial charge in [0.15, 0.2) is 0 Å². The van der Waals surface area contributed by atoms with E-state index in [9.17, 15) is 22.0 Å². The van der Waals surface area contributed by atoms with Crippen LogP contribution in [0.5, 0.6) is 0 Å². The molecule has 0 heterocycles. The van der Waals surface area contributed by atoms with Gasteiger partial charge in [0.05, 0.1) is 26.9 Å². The number of hydrogen-bond donors (Lipinski definition) is 1. The second-order valence-corrected chi connectivity index (χ2v) is 8.98. The average molecular weight is 471 g/mol. The van der Waals surface area contributed by atoms with Crippen molar-refractivity contribution in [3.63, 3.8) is 0 Å². The molecule has 3 rings (SSSR count). The van der Waals surface area contributed by atoms with Crippen LogP contribution in [0, 0.1) is 11.6 Å². The fourth-order valence-corrected chi connectivity index (χ4v) is 4.17.